The molecule has 43 heavy (non-hydrogen) atoms. The Labute approximate surface area is 256 Å². The standard InChI is InChI=1S/C33H36ClN5O4/c1-3-38-21-35-16-27(38)18-39-26(15-22(2)33(40)41)17-36-31(39)19-37-13-11-23(12-14-37)28-5-4-6-29-32(28)42-20-30(43-29)24-7-9-25(34)10-8-24/h4-10,15-17,21,23,30H,3,11-14,18-20H2,1-2H3,(H,40,41)/b22-15+/t30-/m0/s1. The summed E-state index contributed by atoms with van der Waals surface area (Å²) in [4.78, 5) is 23.0. The zero-order valence-electron chi connectivity index (χ0n) is 24.4. The normalized spacial score (nSPS) is 17.7. The maximum Gasteiger partial charge on any atom is 0.331 e. The number of carbonyl (C=O) groups is 1. The molecule has 2 aliphatic rings. The highest BCUT2D eigenvalue weighted by Gasteiger charge is 2.30. The molecule has 1 atom stereocenters. The Morgan fingerprint density at radius 3 is 2.65 bits per heavy atom. The predicted molar refractivity (Wildman–Crippen MR) is 165 cm³/mol. The summed E-state index contributed by atoms with van der Waals surface area (Å²) >= 11 is 6.07. The molecule has 1 saturated heterocycles. The number of aromatic nitrogens is 4. The average molecular weight is 602 g/mol. The number of carboxylic acids is 1. The van der Waals surface area contributed by atoms with Gasteiger partial charge in [-0.3, -0.25) is 4.90 Å². The van der Waals surface area contributed by atoms with Gasteiger partial charge in [0.2, 0.25) is 0 Å². The van der Waals surface area contributed by atoms with Gasteiger partial charge >= 0.3 is 5.97 Å². The Bertz CT molecular complexity index is 1620. The molecule has 0 unspecified atom stereocenters. The molecule has 4 aromatic rings. The summed E-state index contributed by atoms with van der Waals surface area (Å²) in [5.74, 6) is 2.00. The fraction of sp³-hybridized carbons (Fsp3) is 0.364. The molecular formula is C33H36ClN5O4. The Morgan fingerprint density at radius 2 is 1.91 bits per heavy atom. The van der Waals surface area contributed by atoms with Crippen molar-refractivity contribution in [2.75, 3.05) is 19.7 Å². The lowest BCUT2D eigenvalue weighted by Crippen LogP contribution is -2.34. The predicted octanol–water partition coefficient (Wildman–Crippen LogP) is 6.18. The lowest BCUT2D eigenvalue weighted by Gasteiger charge is -2.34. The monoisotopic (exact) mass is 601 g/mol. The Kier molecular flexibility index (Phi) is 8.54. The van der Waals surface area contributed by atoms with Crippen LogP contribution in [0.5, 0.6) is 11.5 Å². The van der Waals surface area contributed by atoms with Crippen LogP contribution in [0.4, 0.5) is 0 Å². The van der Waals surface area contributed by atoms with Crippen LogP contribution >= 0.6 is 11.6 Å². The number of carboxylic acid groups (broad SMARTS) is 1. The van der Waals surface area contributed by atoms with Gasteiger partial charge in [0.25, 0.3) is 0 Å². The SMILES string of the molecule is CCn1cncc1Cn1c(/C=C(\C)C(=O)O)cnc1CN1CCC(c2cccc3c2OC[C@@H](c2ccc(Cl)cc2)O3)CC1. The minimum Gasteiger partial charge on any atom is -0.485 e. The van der Waals surface area contributed by atoms with Crippen molar-refractivity contribution in [2.24, 2.45) is 0 Å². The number of ether oxygens (including phenoxy) is 2. The van der Waals surface area contributed by atoms with Crippen molar-refractivity contribution < 1.29 is 19.4 Å². The second-order valence-corrected chi connectivity index (χ2v) is 11.6. The van der Waals surface area contributed by atoms with Crippen LogP contribution in [-0.2, 0) is 24.4 Å². The van der Waals surface area contributed by atoms with Gasteiger partial charge in [-0.2, -0.15) is 0 Å². The highest BCUT2D eigenvalue weighted by Crippen LogP contribution is 2.44. The summed E-state index contributed by atoms with van der Waals surface area (Å²) in [5, 5.41) is 10.2. The first-order chi connectivity index (χ1) is 20.9. The number of fused-ring (bicyclic) bond motifs is 1. The number of nitrogens with zero attached hydrogens (tertiary/aromatic N) is 5. The zero-order chi connectivity index (χ0) is 29.9. The number of likely N-dealkylation sites (tertiary alicyclic amines) is 1. The summed E-state index contributed by atoms with van der Waals surface area (Å²) in [6.07, 6.45) is 8.97. The van der Waals surface area contributed by atoms with E-state index in [9.17, 15) is 9.90 Å². The molecule has 0 aliphatic carbocycles. The topological polar surface area (TPSA) is 94.6 Å². The quantitative estimate of drug-likeness (QED) is 0.229. The minimum atomic E-state index is -0.937. The number of hydrogen-bond acceptors (Lipinski definition) is 6. The molecular weight excluding hydrogens is 566 g/mol. The van der Waals surface area contributed by atoms with Crippen molar-refractivity contribution >= 4 is 23.6 Å². The van der Waals surface area contributed by atoms with Gasteiger partial charge in [-0.1, -0.05) is 35.9 Å². The number of aliphatic carboxylic acids is 1. The second-order valence-electron chi connectivity index (χ2n) is 11.2. The van der Waals surface area contributed by atoms with Gasteiger partial charge in [0.1, 0.15) is 12.4 Å². The van der Waals surface area contributed by atoms with Crippen LogP contribution < -0.4 is 9.47 Å². The highest BCUT2D eigenvalue weighted by atomic mass is 35.5. The lowest BCUT2D eigenvalue weighted by atomic mass is 9.88. The van der Waals surface area contributed by atoms with Crippen LogP contribution in [0.1, 0.15) is 67.1 Å². The van der Waals surface area contributed by atoms with Gasteiger partial charge in [-0.05, 0) is 75.5 Å². The number of halogens is 1. The summed E-state index contributed by atoms with van der Waals surface area (Å²) in [7, 11) is 0. The van der Waals surface area contributed by atoms with Crippen molar-refractivity contribution in [1.82, 2.24) is 24.0 Å². The molecule has 0 amide bonds. The van der Waals surface area contributed by atoms with E-state index < -0.39 is 5.97 Å². The molecule has 224 valence electrons. The van der Waals surface area contributed by atoms with Crippen LogP contribution in [0.3, 0.4) is 0 Å². The van der Waals surface area contributed by atoms with E-state index >= 15 is 0 Å². The van der Waals surface area contributed by atoms with E-state index in [0.717, 1.165) is 66.8 Å². The lowest BCUT2D eigenvalue weighted by molar-refractivity contribution is -0.132. The van der Waals surface area contributed by atoms with Gasteiger partial charge < -0.3 is 23.7 Å². The number of benzene rings is 2. The second kappa shape index (κ2) is 12.7. The Balaban J connectivity index is 1.15. The Morgan fingerprint density at radius 1 is 1.12 bits per heavy atom. The third-order valence-corrected chi connectivity index (χ3v) is 8.67. The van der Waals surface area contributed by atoms with Crippen LogP contribution in [0.2, 0.25) is 5.02 Å². The fourth-order valence-corrected chi connectivity index (χ4v) is 6.08. The van der Waals surface area contributed by atoms with Crippen molar-refractivity contribution in [3.63, 3.8) is 0 Å². The van der Waals surface area contributed by atoms with Crippen molar-refractivity contribution in [2.45, 2.75) is 58.3 Å². The first-order valence-electron chi connectivity index (χ1n) is 14.7. The third-order valence-electron chi connectivity index (χ3n) is 8.42. The van der Waals surface area contributed by atoms with Crippen LogP contribution in [0.15, 0.2) is 66.8 Å². The molecule has 10 heteroatoms. The number of para-hydroxylation sites is 1. The molecule has 9 nitrogen and oxygen atoms in total. The van der Waals surface area contributed by atoms with E-state index in [4.69, 9.17) is 26.1 Å². The molecule has 0 bridgehead atoms. The van der Waals surface area contributed by atoms with Crippen molar-refractivity contribution in [3.05, 3.63) is 100 Å². The summed E-state index contributed by atoms with van der Waals surface area (Å²) in [6.45, 7) is 8.05. The number of piperidine rings is 1. The molecule has 1 N–H and O–H groups in total. The van der Waals surface area contributed by atoms with Crippen LogP contribution in [-0.4, -0.2) is 54.8 Å². The highest BCUT2D eigenvalue weighted by molar-refractivity contribution is 6.30. The fourth-order valence-electron chi connectivity index (χ4n) is 5.95. The molecule has 0 radical (unpaired) electrons. The largest absolute Gasteiger partial charge is 0.485 e. The van der Waals surface area contributed by atoms with E-state index in [-0.39, 0.29) is 11.7 Å². The molecule has 2 aromatic heterocycles. The van der Waals surface area contributed by atoms with Gasteiger partial charge in [-0.15, -0.1) is 0 Å². The number of aryl methyl sites for hydroxylation is 1. The van der Waals surface area contributed by atoms with E-state index in [1.54, 1.807) is 19.2 Å². The van der Waals surface area contributed by atoms with E-state index in [1.165, 1.54) is 5.56 Å². The molecule has 0 spiro atoms. The zero-order valence-corrected chi connectivity index (χ0v) is 25.2. The summed E-state index contributed by atoms with van der Waals surface area (Å²) < 4.78 is 16.9. The average Bonchev–Trinajstić information content (AvgIpc) is 3.63. The van der Waals surface area contributed by atoms with Gasteiger partial charge in [0.15, 0.2) is 17.6 Å². The molecule has 6 rings (SSSR count). The van der Waals surface area contributed by atoms with E-state index in [0.29, 0.717) is 30.6 Å². The van der Waals surface area contributed by atoms with Gasteiger partial charge in [0, 0.05) is 28.9 Å². The molecule has 1 fully saturated rings. The number of rotatable bonds is 9. The van der Waals surface area contributed by atoms with E-state index in [2.05, 4.69) is 38.1 Å². The van der Waals surface area contributed by atoms with Gasteiger partial charge in [0.05, 0.1) is 37.0 Å². The molecule has 0 saturated carbocycles. The van der Waals surface area contributed by atoms with Crippen LogP contribution in [0.25, 0.3) is 6.08 Å². The first-order valence-corrected chi connectivity index (χ1v) is 15.1. The summed E-state index contributed by atoms with van der Waals surface area (Å²) in [5.41, 5.74) is 4.35. The molecule has 4 heterocycles. The third kappa shape index (κ3) is 6.33. The number of hydrogen-bond donors (Lipinski definition) is 1. The van der Waals surface area contributed by atoms with Gasteiger partial charge in [-0.25, -0.2) is 14.8 Å². The summed E-state index contributed by atoms with van der Waals surface area (Å²) in [6, 6.07) is 13.9. The van der Waals surface area contributed by atoms with Crippen LogP contribution in [0, 0.1) is 0 Å². The van der Waals surface area contributed by atoms with E-state index in [1.807, 2.05) is 42.9 Å². The van der Waals surface area contributed by atoms with Crippen molar-refractivity contribution in [1.29, 1.82) is 0 Å². The maximum absolute atomic E-state index is 11.5. The molecule has 2 aromatic carbocycles. The first kappa shape index (κ1) is 29.0. The Hall–Kier alpha value is -4.08. The smallest absolute Gasteiger partial charge is 0.331 e. The minimum absolute atomic E-state index is 0.166. The van der Waals surface area contributed by atoms with Crippen molar-refractivity contribution in [3.8, 4) is 11.5 Å². The maximum atomic E-state index is 11.5. The molecule has 2 aliphatic heterocycles. The number of imidazole rings is 2.